The van der Waals surface area contributed by atoms with Crippen LogP contribution in [-0.2, 0) is 4.79 Å². The Hall–Kier alpha value is -1.77. The molecule has 1 saturated heterocycles. The molecular weight excluding hydrogens is 248 g/mol. The molecule has 3 aliphatic rings. The van der Waals surface area contributed by atoms with Gasteiger partial charge >= 0.3 is 0 Å². The number of rotatable bonds is 3. The second-order valence-electron chi connectivity index (χ2n) is 5.84. The molecule has 3 heteroatoms. The van der Waals surface area contributed by atoms with Gasteiger partial charge < -0.3 is 9.80 Å². The van der Waals surface area contributed by atoms with Crippen LogP contribution in [0, 0.1) is 5.92 Å². The molecule has 1 aromatic rings. The third-order valence-electron chi connectivity index (χ3n) is 4.55. The minimum Gasteiger partial charge on any atom is -0.376 e. The number of benzene rings is 1. The molecule has 1 atom stereocenters. The van der Waals surface area contributed by atoms with E-state index in [1.807, 2.05) is 23.1 Å². The fourth-order valence-electron chi connectivity index (χ4n) is 3.43. The van der Waals surface area contributed by atoms with Crippen molar-refractivity contribution in [3.05, 3.63) is 47.8 Å². The average Bonchev–Trinajstić information content (AvgIpc) is 2.49. The monoisotopic (exact) mass is 270 g/mol. The molecule has 0 radical (unpaired) electrons. The number of carbonyl (C=O) groups is 1. The molecule has 0 N–H and O–H groups in total. The number of allylic oxidation sites excluding steroid dienone is 1. The van der Waals surface area contributed by atoms with E-state index in [1.165, 1.54) is 24.1 Å². The maximum Gasteiger partial charge on any atom is 0.224 e. The molecule has 0 spiro atoms. The first-order valence-electron chi connectivity index (χ1n) is 7.47. The van der Waals surface area contributed by atoms with Crippen molar-refractivity contribution in [3.63, 3.8) is 0 Å². The van der Waals surface area contributed by atoms with Gasteiger partial charge in [0.2, 0.25) is 5.91 Å². The van der Waals surface area contributed by atoms with E-state index in [9.17, 15) is 4.79 Å². The number of carbonyl (C=O) groups excluding carboxylic acids is 1. The largest absolute Gasteiger partial charge is 0.376 e. The smallest absolute Gasteiger partial charge is 0.224 e. The Bertz CT molecular complexity index is 515. The zero-order valence-corrected chi connectivity index (χ0v) is 12.2. The fourth-order valence-corrected chi connectivity index (χ4v) is 3.43. The van der Waals surface area contributed by atoms with Gasteiger partial charge in [0, 0.05) is 37.8 Å². The van der Waals surface area contributed by atoms with Crippen LogP contribution >= 0.6 is 0 Å². The Kier molecular flexibility index (Phi) is 3.51. The maximum absolute atomic E-state index is 12.2. The molecule has 0 saturated carbocycles. The van der Waals surface area contributed by atoms with Crippen molar-refractivity contribution in [3.8, 4) is 0 Å². The highest BCUT2D eigenvalue weighted by molar-refractivity contribution is 5.76. The van der Waals surface area contributed by atoms with E-state index in [0.717, 1.165) is 13.1 Å². The van der Waals surface area contributed by atoms with Crippen LogP contribution in [0.3, 0.4) is 0 Å². The quantitative estimate of drug-likeness (QED) is 0.842. The molecule has 2 bridgehead atoms. The highest BCUT2D eigenvalue weighted by atomic mass is 16.2. The zero-order chi connectivity index (χ0) is 14.1. The zero-order valence-electron chi connectivity index (χ0n) is 12.2. The summed E-state index contributed by atoms with van der Waals surface area (Å²) in [5, 5.41) is 0. The van der Waals surface area contributed by atoms with E-state index in [-0.39, 0.29) is 11.9 Å². The molecule has 20 heavy (non-hydrogen) atoms. The Morgan fingerprint density at radius 1 is 1.25 bits per heavy atom. The Labute approximate surface area is 120 Å². The summed E-state index contributed by atoms with van der Waals surface area (Å²) in [4.78, 5) is 16.5. The second-order valence-corrected chi connectivity index (χ2v) is 5.84. The summed E-state index contributed by atoms with van der Waals surface area (Å²) in [5.74, 6) is 0.691. The van der Waals surface area contributed by atoms with Gasteiger partial charge in [-0.2, -0.15) is 0 Å². The fraction of sp³-hybridized carbons (Fsp3) is 0.471. The summed E-state index contributed by atoms with van der Waals surface area (Å²) < 4.78 is 0. The van der Waals surface area contributed by atoms with Crippen LogP contribution in [0.25, 0.3) is 0 Å². The Morgan fingerprint density at radius 2 is 1.90 bits per heavy atom. The molecular formula is C17H22N2O. The molecule has 0 aromatic heterocycles. The van der Waals surface area contributed by atoms with Gasteiger partial charge in [-0.3, -0.25) is 4.79 Å². The van der Waals surface area contributed by atoms with E-state index in [4.69, 9.17) is 0 Å². The number of nitrogens with zero attached hydrogens (tertiary/aromatic N) is 2. The molecule has 0 aliphatic carbocycles. The summed E-state index contributed by atoms with van der Waals surface area (Å²) in [6.45, 7) is 6.08. The topological polar surface area (TPSA) is 23.6 Å². The third kappa shape index (κ3) is 2.33. The molecule has 1 amide bonds. The SMILES string of the molecule is CC(=O)N(C1=CN2CCC1CC2)[C@H](C)c1ccccc1. The normalized spacial score (nSPS) is 19.7. The number of piperidine rings is 1. The summed E-state index contributed by atoms with van der Waals surface area (Å²) in [6.07, 6.45) is 4.56. The molecule has 3 heterocycles. The number of amides is 1. The summed E-state index contributed by atoms with van der Waals surface area (Å²) in [5.41, 5.74) is 2.41. The summed E-state index contributed by atoms with van der Waals surface area (Å²) in [7, 11) is 0. The first kappa shape index (κ1) is 13.2. The minimum absolute atomic E-state index is 0.0977. The van der Waals surface area contributed by atoms with E-state index >= 15 is 0 Å². The molecule has 1 aromatic carbocycles. The van der Waals surface area contributed by atoms with Crippen LogP contribution in [0.4, 0.5) is 0 Å². The number of fused-ring (bicyclic) bond motifs is 2. The first-order chi connectivity index (χ1) is 9.66. The molecule has 4 rings (SSSR count). The summed E-state index contributed by atoms with van der Waals surface area (Å²) >= 11 is 0. The first-order valence-corrected chi connectivity index (χ1v) is 7.47. The maximum atomic E-state index is 12.2. The molecule has 3 aliphatic heterocycles. The van der Waals surface area contributed by atoms with Gasteiger partial charge in [0.25, 0.3) is 0 Å². The number of hydrogen-bond donors (Lipinski definition) is 0. The van der Waals surface area contributed by atoms with E-state index in [1.54, 1.807) is 6.92 Å². The lowest BCUT2D eigenvalue weighted by Crippen LogP contribution is -2.43. The van der Waals surface area contributed by atoms with Crippen LogP contribution in [0.5, 0.6) is 0 Å². The van der Waals surface area contributed by atoms with Crippen LogP contribution < -0.4 is 0 Å². The lowest BCUT2D eigenvalue weighted by Gasteiger charge is -2.44. The van der Waals surface area contributed by atoms with Gasteiger partial charge in [0.15, 0.2) is 0 Å². The molecule has 106 valence electrons. The van der Waals surface area contributed by atoms with Crippen LogP contribution in [0.2, 0.25) is 0 Å². The predicted octanol–water partition coefficient (Wildman–Crippen LogP) is 3.16. The Morgan fingerprint density at radius 3 is 2.40 bits per heavy atom. The van der Waals surface area contributed by atoms with Crippen molar-refractivity contribution >= 4 is 5.91 Å². The average molecular weight is 270 g/mol. The van der Waals surface area contributed by atoms with Crippen molar-refractivity contribution in [2.75, 3.05) is 13.1 Å². The Balaban J connectivity index is 1.92. The van der Waals surface area contributed by atoms with Crippen molar-refractivity contribution in [1.82, 2.24) is 9.80 Å². The van der Waals surface area contributed by atoms with E-state index < -0.39 is 0 Å². The van der Waals surface area contributed by atoms with E-state index in [2.05, 4.69) is 30.2 Å². The second kappa shape index (κ2) is 5.31. The van der Waals surface area contributed by atoms with Gasteiger partial charge in [-0.15, -0.1) is 0 Å². The van der Waals surface area contributed by atoms with Gasteiger partial charge in [-0.25, -0.2) is 0 Å². The van der Waals surface area contributed by atoms with Crippen molar-refractivity contribution in [2.45, 2.75) is 32.7 Å². The van der Waals surface area contributed by atoms with Gasteiger partial charge in [0.1, 0.15) is 0 Å². The minimum atomic E-state index is 0.0977. The van der Waals surface area contributed by atoms with Crippen molar-refractivity contribution in [1.29, 1.82) is 0 Å². The van der Waals surface area contributed by atoms with Crippen LogP contribution in [-0.4, -0.2) is 28.8 Å². The predicted molar refractivity (Wildman–Crippen MR) is 79.8 cm³/mol. The van der Waals surface area contributed by atoms with Crippen molar-refractivity contribution < 1.29 is 4.79 Å². The summed E-state index contributed by atoms with van der Waals surface area (Å²) in [6, 6.07) is 10.4. The highest BCUT2D eigenvalue weighted by Gasteiger charge is 2.34. The van der Waals surface area contributed by atoms with E-state index in [0.29, 0.717) is 5.92 Å². The standard InChI is InChI=1S/C17H22N2O/c1-13(15-6-4-3-5-7-15)19(14(2)20)17-12-18-10-8-16(17)9-11-18/h3-7,12-13,16H,8-11H2,1-2H3/t13-/m1/s1. The van der Waals surface area contributed by atoms with Gasteiger partial charge in [-0.1, -0.05) is 30.3 Å². The van der Waals surface area contributed by atoms with Gasteiger partial charge in [-0.05, 0) is 25.3 Å². The van der Waals surface area contributed by atoms with Crippen LogP contribution in [0.15, 0.2) is 42.2 Å². The van der Waals surface area contributed by atoms with Gasteiger partial charge in [0.05, 0.1) is 6.04 Å². The molecule has 1 fully saturated rings. The highest BCUT2D eigenvalue weighted by Crippen LogP contribution is 2.37. The third-order valence-corrected chi connectivity index (χ3v) is 4.55. The number of hydrogen-bond acceptors (Lipinski definition) is 2. The lowest BCUT2D eigenvalue weighted by molar-refractivity contribution is -0.129. The molecule has 0 unspecified atom stereocenters. The lowest BCUT2D eigenvalue weighted by atomic mass is 9.88. The molecule has 3 nitrogen and oxygen atoms in total. The van der Waals surface area contributed by atoms with Crippen LogP contribution in [0.1, 0.15) is 38.3 Å². The van der Waals surface area contributed by atoms with Crippen molar-refractivity contribution in [2.24, 2.45) is 5.92 Å².